The molecule has 0 spiro atoms. The van der Waals surface area contributed by atoms with Crippen LogP contribution in [0.1, 0.15) is 38.5 Å². The van der Waals surface area contributed by atoms with Crippen LogP contribution in [0.3, 0.4) is 0 Å². The third-order valence-electron chi connectivity index (χ3n) is 3.78. The average molecular weight is 306 g/mol. The minimum atomic E-state index is 0.0747. The zero-order chi connectivity index (χ0) is 11.5. The molecule has 2 rings (SSSR count). The smallest absolute Gasteiger partial charge is 0.236 e. The Morgan fingerprint density at radius 1 is 1.25 bits per heavy atom. The molecule has 92 valence electrons. The second kappa shape index (κ2) is 5.76. The first-order valence-electron chi connectivity index (χ1n) is 6.21. The molecular weight excluding hydrogens is 286 g/mol. The van der Waals surface area contributed by atoms with Gasteiger partial charge in [0.2, 0.25) is 5.91 Å². The largest absolute Gasteiger partial charge is 0.338 e. The molecule has 2 fully saturated rings. The number of thioether (sulfide) groups is 1. The van der Waals surface area contributed by atoms with Gasteiger partial charge in [-0.25, -0.2) is 0 Å². The van der Waals surface area contributed by atoms with E-state index in [9.17, 15) is 4.79 Å². The van der Waals surface area contributed by atoms with Crippen molar-refractivity contribution in [2.45, 2.75) is 54.6 Å². The van der Waals surface area contributed by atoms with Crippen molar-refractivity contribution in [1.82, 2.24) is 4.90 Å². The molecule has 2 nitrogen and oxygen atoms in total. The summed E-state index contributed by atoms with van der Waals surface area (Å²) >= 11 is 5.45. The van der Waals surface area contributed by atoms with Crippen molar-refractivity contribution in [1.29, 1.82) is 0 Å². The van der Waals surface area contributed by atoms with E-state index in [0.717, 1.165) is 19.4 Å². The van der Waals surface area contributed by atoms with Gasteiger partial charge in [0.1, 0.15) is 0 Å². The number of carbonyl (C=O) groups excluding carboxylic acids is 1. The molecule has 0 aromatic rings. The summed E-state index contributed by atoms with van der Waals surface area (Å²) < 4.78 is 0. The second-order valence-corrected chi connectivity index (χ2v) is 6.95. The fourth-order valence-corrected chi connectivity index (χ4v) is 4.48. The highest BCUT2D eigenvalue weighted by Gasteiger charge is 2.36. The lowest BCUT2D eigenvalue weighted by molar-refractivity contribution is -0.135. The highest BCUT2D eigenvalue weighted by molar-refractivity contribution is 9.10. The van der Waals surface area contributed by atoms with Crippen LogP contribution in [-0.4, -0.2) is 39.7 Å². The van der Waals surface area contributed by atoms with Crippen LogP contribution >= 0.6 is 27.7 Å². The Labute approximate surface area is 111 Å². The first-order chi connectivity index (χ1) is 7.74. The lowest BCUT2D eigenvalue weighted by Gasteiger charge is -2.42. The van der Waals surface area contributed by atoms with E-state index in [1.54, 1.807) is 0 Å². The second-order valence-electron chi connectivity index (χ2n) is 4.77. The van der Waals surface area contributed by atoms with Crippen LogP contribution in [0.5, 0.6) is 0 Å². The summed E-state index contributed by atoms with van der Waals surface area (Å²) in [7, 11) is 0. The summed E-state index contributed by atoms with van der Waals surface area (Å²) in [6.45, 7) is 0.975. The molecule has 3 unspecified atom stereocenters. The lowest BCUT2D eigenvalue weighted by Crippen LogP contribution is -2.52. The summed E-state index contributed by atoms with van der Waals surface area (Å²) in [5, 5.41) is 0.662. The van der Waals surface area contributed by atoms with E-state index in [0.29, 0.717) is 17.2 Å². The number of amides is 1. The molecule has 3 atom stereocenters. The SMILES string of the molecule is CSC1CCCCC1N1CCCC(Br)C1=O. The summed E-state index contributed by atoms with van der Waals surface area (Å²) in [4.78, 5) is 14.4. The molecule has 1 saturated heterocycles. The van der Waals surface area contributed by atoms with Crippen molar-refractivity contribution < 1.29 is 4.79 Å². The van der Waals surface area contributed by atoms with E-state index in [-0.39, 0.29) is 4.83 Å². The predicted octanol–water partition coefficient (Wildman–Crippen LogP) is 3.05. The zero-order valence-electron chi connectivity index (χ0n) is 9.82. The third kappa shape index (κ3) is 2.58. The van der Waals surface area contributed by atoms with E-state index in [4.69, 9.17) is 0 Å². The minimum Gasteiger partial charge on any atom is -0.338 e. The molecule has 1 amide bonds. The molecule has 4 heteroatoms. The summed E-state index contributed by atoms with van der Waals surface area (Å²) in [6, 6.07) is 0.497. The molecule has 1 aliphatic heterocycles. The van der Waals surface area contributed by atoms with Crippen molar-refractivity contribution in [2.75, 3.05) is 12.8 Å². The topological polar surface area (TPSA) is 20.3 Å². The van der Waals surface area contributed by atoms with Crippen LogP contribution in [0.2, 0.25) is 0 Å². The molecule has 1 saturated carbocycles. The number of halogens is 1. The Kier molecular flexibility index (Phi) is 4.59. The van der Waals surface area contributed by atoms with Gasteiger partial charge < -0.3 is 4.90 Å². The molecule has 0 radical (unpaired) electrons. The van der Waals surface area contributed by atoms with Gasteiger partial charge >= 0.3 is 0 Å². The standard InChI is InChI=1S/C12H20BrNOS/c1-16-11-7-3-2-6-10(11)14-8-4-5-9(13)12(14)15/h9-11H,2-8H2,1H3. The van der Waals surface area contributed by atoms with Crippen LogP contribution in [-0.2, 0) is 4.79 Å². The number of piperidine rings is 1. The normalized spacial score (nSPS) is 36.5. The summed E-state index contributed by atoms with van der Waals surface area (Å²) in [5.74, 6) is 0.331. The molecule has 1 heterocycles. The Morgan fingerprint density at radius 3 is 2.75 bits per heavy atom. The van der Waals surface area contributed by atoms with E-state index in [1.165, 1.54) is 25.7 Å². The maximum absolute atomic E-state index is 12.2. The third-order valence-corrected chi connectivity index (χ3v) is 5.78. The van der Waals surface area contributed by atoms with Crippen LogP contribution < -0.4 is 0 Å². The van der Waals surface area contributed by atoms with E-state index in [1.807, 2.05) is 11.8 Å². The first-order valence-corrected chi connectivity index (χ1v) is 8.41. The monoisotopic (exact) mass is 305 g/mol. The van der Waals surface area contributed by atoms with Crippen LogP contribution in [0.4, 0.5) is 0 Å². The number of alkyl halides is 1. The molecule has 0 aromatic carbocycles. The van der Waals surface area contributed by atoms with Gasteiger partial charge in [-0.05, 0) is 31.9 Å². The number of hydrogen-bond acceptors (Lipinski definition) is 2. The number of nitrogens with zero attached hydrogens (tertiary/aromatic N) is 1. The minimum absolute atomic E-state index is 0.0747. The van der Waals surface area contributed by atoms with Gasteiger partial charge in [-0.2, -0.15) is 11.8 Å². The van der Waals surface area contributed by atoms with Gasteiger partial charge in [0.05, 0.1) is 4.83 Å². The highest BCUT2D eigenvalue weighted by Crippen LogP contribution is 2.33. The summed E-state index contributed by atoms with van der Waals surface area (Å²) in [6.07, 6.45) is 9.45. The highest BCUT2D eigenvalue weighted by atomic mass is 79.9. The van der Waals surface area contributed by atoms with Crippen LogP contribution in [0.15, 0.2) is 0 Å². The van der Waals surface area contributed by atoms with Crippen LogP contribution in [0.25, 0.3) is 0 Å². The number of hydrogen-bond donors (Lipinski definition) is 0. The Morgan fingerprint density at radius 2 is 2.00 bits per heavy atom. The molecule has 0 N–H and O–H groups in total. The van der Waals surface area contributed by atoms with Crippen molar-refractivity contribution in [3.63, 3.8) is 0 Å². The molecule has 2 aliphatic rings. The van der Waals surface area contributed by atoms with Gasteiger partial charge in [-0.15, -0.1) is 0 Å². The number of rotatable bonds is 2. The van der Waals surface area contributed by atoms with Crippen molar-refractivity contribution >= 4 is 33.6 Å². The van der Waals surface area contributed by atoms with Gasteiger partial charge in [-0.1, -0.05) is 28.8 Å². The molecule has 0 bridgehead atoms. The number of carbonyl (C=O) groups is 1. The van der Waals surface area contributed by atoms with Crippen molar-refractivity contribution in [3.05, 3.63) is 0 Å². The lowest BCUT2D eigenvalue weighted by atomic mass is 9.92. The fourth-order valence-electron chi connectivity index (χ4n) is 2.89. The van der Waals surface area contributed by atoms with E-state index >= 15 is 0 Å². The molecule has 1 aliphatic carbocycles. The Bertz CT molecular complexity index is 261. The van der Waals surface area contributed by atoms with Gasteiger partial charge in [0, 0.05) is 17.8 Å². The van der Waals surface area contributed by atoms with E-state index < -0.39 is 0 Å². The maximum atomic E-state index is 12.2. The average Bonchev–Trinajstić information content (AvgIpc) is 2.33. The van der Waals surface area contributed by atoms with Gasteiger partial charge in [0.15, 0.2) is 0 Å². The van der Waals surface area contributed by atoms with Crippen molar-refractivity contribution in [2.24, 2.45) is 0 Å². The van der Waals surface area contributed by atoms with Gasteiger partial charge in [0.25, 0.3) is 0 Å². The van der Waals surface area contributed by atoms with Gasteiger partial charge in [-0.3, -0.25) is 4.79 Å². The summed E-state index contributed by atoms with van der Waals surface area (Å²) in [5.41, 5.74) is 0. The fraction of sp³-hybridized carbons (Fsp3) is 0.917. The van der Waals surface area contributed by atoms with Crippen LogP contribution in [0, 0.1) is 0 Å². The van der Waals surface area contributed by atoms with Crippen molar-refractivity contribution in [3.8, 4) is 0 Å². The Hall–Kier alpha value is 0.300. The predicted molar refractivity (Wildman–Crippen MR) is 73.2 cm³/mol. The zero-order valence-corrected chi connectivity index (χ0v) is 12.2. The molecule has 16 heavy (non-hydrogen) atoms. The number of likely N-dealkylation sites (tertiary alicyclic amines) is 1. The first kappa shape index (κ1) is 12.7. The molecular formula is C12H20BrNOS. The van der Waals surface area contributed by atoms with E-state index in [2.05, 4.69) is 27.1 Å². The quantitative estimate of drug-likeness (QED) is 0.731. The molecule has 0 aromatic heterocycles. The Balaban J connectivity index is 2.06. The maximum Gasteiger partial charge on any atom is 0.236 e.